The molecule has 13 nitrogen and oxygen atoms in total. The molecular weight excluding hydrogens is 737 g/mol. The largest absolute Gasteiger partial charge is 0.466 e. The fourth-order valence-corrected chi connectivity index (χ4v) is 7.54. The lowest BCUT2D eigenvalue weighted by molar-refractivity contribution is -0.136. The number of hydrogen-bond donors (Lipinski definition) is 3. The highest BCUT2D eigenvalue weighted by molar-refractivity contribution is 7.11. The van der Waals surface area contributed by atoms with Crippen LogP contribution in [0.3, 0.4) is 0 Å². The number of nitrogens with zero attached hydrogens (tertiary/aromatic N) is 5. The lowest BCUT2D eigenvalue weighted by Crippen LogP contribution is -2.53. The molecule has 54 heavy (non-hydrogen) atoms. The fraction of sp³-hybridized carbons (Fsp3) is 0.289. The summed E-state index contributed by atoms with van der Waals surface area (Å²) in [5.74, 6) is 0.182. The number of rotatable bonds is 11. The van der Waals surface area contributed by atoms with E-state index in [1.165, 1.54) is 36.6 Å². The molecule has 0 bridgehead atoms. The van der Waals surface area contributed by atoms with Gasteiger partial charge in [0.2, 0.25) is 0 Å². The van der Waals surface area contributed by atoms with Crippen LogP contribution >= 0.6 is 22.9 Å². The Morgan fingerprint density at radius 1 is 1.09 bits per heavy atom. The molecule has 3 atom stereocenters. The van der Waals surface area contributed by atoms with E-state index in [-0.39, 0.29) is 41.2 Å². The Morgan fingerprint density at radius 2 is 1.83 bits per heavy atom. The van der Waals surface area contributed by atoms with E-state index in [1.807, 2.05) is 22.4 Å². The van der Waals surface area contributed by atoms with Gasteiger partial charge in [0.1, 0.15) is 23.4 Å². The number of anilines is 1. The standard InChI is InChI=1S/C38H37ClFN7O6S/c1-22(21-48)42-35(49)23-3-8-27(9-4-23)53-28-10-6-25(7-11-28)47-19-26-18-45(14-15-46(26)38(47)51)20-31-32(37(50)52-2)33(29-12-5-24(40)17-30(29)39)44-34(43-31)36-41-13-16-54-36/h3-13,16-17,22,26,33,48H,14-15,18-21H2,1-2H3,(H,42,49)(H,43,44)/t22?,26-,33-/m0/s1. The first-order valence-electron chi connectivity index (χ1n) is 17.2. The van der Waals surface area contributed by atoms with Crippen LogP contribution < -0.4 is 20.3 Å². The number of thiazole rings is 1. The molecule has 1 aromatic heterocycles. The third kappa shape index (κ3) is 7.80. The van der Waals surface area contributed by atoms with Crippen molar-refractivity contribution in [1.82, 2.24) is 25.4 Å². The van der Waals surface area contributed by atoms with Crippen molar-refractivity contribution in [2.75, 3.05) is 51.3 Å². The van der Waals surface area contributed by atoms with E-state index in [0.717, 1.165) is 5.69 Å². The number of esters is 1. The second-order valence-corrected chi connectivity index (χ2v) is 14.3. The molecule has 3 aromatic carbocycles. The van der Waals surface area contributed by atoms with Crippen molar-refractivity contribution in [3.63, 3.8) is 0 Å². The molecule has 3 aliphatic heterocycles. The molecule has 3 N–H and O–H groups in total. The van der Waals surface area contributed by atoms with Crippen LogP contribution in [0.2, 0.25) is 5.02 Å². The molecule has 2 fully saturated rings. The SMILES string of the molecule is COC(=O)C1=C(CN2CCN3C(=O)N(c4ccc(Oc5ccc(C(=O)NC(C)CO)cc5)cc4)C[C@@H]3C2)NC(c2nccs2)=N[C@H]1c1ccc(F)cc1Cl. The number of aliphatic hydroxyl groups is 1. The van der Waals surface area contributed by atoms with Gasteiger partial charge < -0.3 is 30.1 Å². The number of amidine groups is 1. The van der Waals surface area contributed by atoms with Gasteiger partial charge in [-0.1, -0.05) is 17.7 Å². The Morgan fingerprint density at radius 3 is 2.50 bits per heavy atom. The summed E-state index contributed by atoms with van der Waals surface area (Å²) >= 11 is 7.89. The average molecular weight is 774 g/mol. The smallest absolute Gasteiger partial charge is 0.338 e. The predicted octanol–water partition coefficient (Wildman–Crippen LogP) is 4.98. The van der Waals surface area contributed by atoms with Gasteiger partial charge in [-0.2, -0.15) is 0 Å². The first-order chi connectivity index (χ1) is 26.1. The number of aliphatic imine (C=N–C) groups is 1. The van der Waals surface area contributed by atoms with Gasteiger partial charge in [-0.25, -0.2) is 19.0 Å². The Balaban J connectivity index is 1.04. The zero-order valence-electron chi connectivity index (χ0n) is 29.4. The summed E-state index contributed by atoms with van der Waals surface area (Å²) in [7, 11) is 1.30. The molecule has 16 heteroatoms. The van der Waals surface area contributed by atoms with E-state index in [2.05, 4.69) is 20.5 Å². The minimum absolute atomic E-state index is 0.0906. The average Bonchev–Trinajstić information content (AvgIpc) is 3.83. The summed E-state index contributed by atoms with van der Waals surface area (Å²) < 4.78 is 25.3. The summed E-state index contributed by atoms with van der Waals surface area (Å²) in [5.41, 5.74) is 2.45. The number of benzene rings is 3. The summed E-state index contributed by atoms with van der Waals surface area (Å²) in [6, 6.07) is 16.5. The molecule has 0 saturated carbocycles. The first-order valence-corrected chi connectivity index (χ1v) is 18.5. The minimum atomic E-state index is -0.871. The fourth-order valence-electron chi connectivity index (χ4n) is 6.68. The quantitative estimate of drug-likeness (QED) is 0.180. The van der Waals surface area contributed by atoms with Crippen molar-refractivity contribution in [3.05, 3.63) is 117 Å². The molecular formula is C38H37ClFN7O6S. The van der Waals surface area contributed by atoms with E-state index in [1.54, 1.807) is 54.4 Å². The summed E-state index contributed by atoms with van der Waals surface area (Å²) in [6.45, 7) is 3.92. The first kappa shape index (κ1) is 37.0. The molecule has 4 aromatic rings. The lowest BCUT2D eigenvalue weighted by atomic mass is 9.95. The van der Waals surface area contributed by atoms with E-state index in [4.69, 9.17) is 26.1 Å². The van der Waals surface area contributed by atoms with Crippen LogP contribution in [0, 0.1) is 5.82 Å². The van der Waals surface area contributed by atoms with E-state index < -0.39 is 17.8 Å². The molecule has 0 radical (unpaired) electrons. The number of urea groups is 1. The maximum atomic E-state index is 14.1. The van der Waals surface area contributed by atoms with Crippen molar-refractivity contribution in [2.45, 2.75) is 25.0 Å². The number of amides is 3. The van der Waals surface area contributed by atoms with Gasteiger partial charge in [0, 0.05) is 77.9 Å². The number of methoxy groups -OCH3 is 1. The highest BCUT2D eigenvalue weighted by Gasteiger charge is 2.42. The molecule has 1 unspecified atom stereocenters. The summed E-state index contributed by atoms with van der Waals surface area (Å²) in [4.78, 5) is 54.3. The van der Waals surface area contributed by atoms with Crippen LogP contribution in [0.15, 0.2) is 94.6 Å². The van der Waals surface area contributed by atoms with Gasteiger partial charge in [-0.15, -0.1) is 11.3 Å². The zero-order chi connectivity index (χ0) is 37.9. The Labute approximate surface area is 319 Å². The van der Waals surface area contributed by atoms with Crippen LogP contribution in [0.5, 0.6) is 11.5 Å². The van der Waals surface area contributed by atoms with E-state index >= 15 is 0 Å². The number of ether oxygens (including phenoxy) is 2. The van der Waals surface area contributed by atoms with Crippen LogP contribution in [-0.2, 0) is 9.53 Å². The highest BCUT2D eigenvalue weighted by atomic mass is 35.5. The van der Waals surface area contributed by atoms with E-state index in [9.17, 15) is 23.9 Å². The maximum Gasteiger partial charge on any atom is 0.338 e. The normalized spacial score (nSPS) is 19.2. The third-order valence-corrected chi connectivity index (χ3v) is 10.5. The number of halogens is 2. The number of aliphatic hydroxyl groups excluding tert-OH is 1. The van der Waals surface area contributed by atoms with Gasteiger partial charge in [-0.3, -0.25) is 19.6 Å². The predicted molar refractivity (Wildman–Crippen MR) is 202 cm³/mol. The number of fused-ring (bicyclic) bond motifs is 1. The number of hydrogen-bond acceptors (Lipinski definition) is 11. The topological polar surface area (TPSA) is 149 Å². The van der Waals surface area contributed by atoms with Gasteiger partial charge >= 0.3 is 12.0 Å². The Bertz CT molecular complexity index is 2100. The molecule has 2 saturated heterocycles. The number of aromatic nitrogens is 1. The third-order valence-electron chi connectivity index (χ3n) is 9.39. The summed E-state index contributed by atoms with van der Waals surface area (Å²) in [6.07, 6.45) is 1.66. The second-order valence-electron chi connectivity index (χ2n) is 13.0. The lowest BCUT2D eigenvalue weighted by Gasteiger charge is -2.38. The van der Waals surface area contributed by atoms with Gasteiger partial charge in [0.15, 0.2) is 10.8 Å². The number of nitrogens with one attached hydrogen (secondary N) is 2. The van der Waals surface area contributed by atoms with Crippen LogP contribution in [0.4, 0.5) is 14.9 Å². The molecule has 280 valence electrons. The van der Waals surface area contributed by atoms with Gasteiger partial charge in [-0.05, 0) is 67.6 Å². The monoisotopic (exact) mass is 773 g/mol. The van der Waals surface area contributed by atoms with Gasteiger partial charge in [0.05, 0.1) is 25.3 Å². The minimum Gasteiger partial charge on any atom is -0.466 e. The van der Waals surface area contributed by atoms with Crippen molar-refractivity contribution < 1.29 is 33.4 Å². The second kappa shape index (κ2) is 15.9. The molecule has 4 heterocycles. The molecule has 3 amide bonds. The molecule has 3 aliphatic rings. The van der Waals surface area contributed by atoms with Crippen LogP contribution in [-0.4, -0.2) is 102 Å². The number of piperazine rings is 1. The van der Waals surface area contributed by atoms with Crippen molar-refractivity contribution >= 4 is 52.4 Å². The maximum absolute atomic E-state index is 14.1. The summed E-state index contributed by atoms with van der Waals surface area (Å²) in [5, 5.41) is 17.8. The molecule has 7 rings (SSSR count). The van der Waals surface area contributed by atoms with Gasteiger partial charge in [0.25, 0.3) is 5.91 Å². The van der Waals surface area contributed by atoms with E-state index in [0.29, 0.717) is 71.9 Å². The van der Waals surface area contributed by atoms with Crippen LogP contribution in [0.1, 0.15) is 33.9 Å². The highest BCUT2D eigenvalue weighted by Crippen LogP contribution is 2.37. The van der Waals surface area contributed by atoms with Crippen molar-refractivity contribution in [2.24, 2.45) is 4.99 Å². The zero-order valence-corrected chi connectivity index (χ0v) is 30.9. The van der Waals surface area contributed by atoms with Crippen molar-refractivity contribution in [1.29, 1.82) is 0 Å². The number of carbonyl (C=O) groups is 3. The van der Waals surface area contributed by atoms with Crippen LogP contribution in [0.25, 0.3) is 0 Å². The Kier molecular flexibility index (Phi) is 10.9. The Hall–Kier alpha value is -5.35. The molecule has 0 spiro atoms. The molecule has 0 aliphatic carbocycles. The van der Waals surface area contributed by atoms with Crippen molar-refractivity contribution in [3.8, 4) is 11.5 Å². The number of carbonyl (C=O) groups excluding carboxylic acids is 3.